The number of carboxylic acids is 1. The molecule has 0 amide bonds. The molecule has 0 fully saturated rings. The van der Waals surface area contributed by atoms with Crippen molar-refractivity contribution in [2.75, 3.05) is 0 Å². The number of rotatable bonds is 3. The van der Waals surface area contributed by atoms with Crippen LogP contribution in [-0.4, -0.2) is 21.8 Å². The summed E-state index contributed by atoms with van der Waals surface area (Å²) in [6.45, 7) is 2.95. The Kier molecular flexibility index (Phi) is 3.37. The Morgan fingerprint density at radius 1 is 1.33 bits per heavy atom. The molecule has 1 atom stereocenters. The van der Waals surface area contributed by atoms with Crippen molar-refractivity contribution in [3.63, 3.8) is 0 Å². The lowest BCUT2D eigenvalue weighted by atomic mass is 9.85. The van der Waals surface area contributed by atoms with E-state index >= 15 is 0 Å². The first-order chi connectivity index (χ1) is 6.82. The number of hydrogen-bond acceptors (Lipinski definition) is 2. The first kappa shape index (κ1) is 12.0. The summed E-state index contributed by atoms with van der Waals surface area (Å²) in [7, 11) is 0. The van der Waals surface area contributed by atoms with Crippen molar-refractivity contribution < 1.29 is 15.0 Å². The van der Waals surface area contributed by atoms with Crippen molar-refractivity contribution in [3.8, 4) is 0 Å². The Morgan fingerprint density at radius 3 is 2.13 bits per heavy atom. The molecule has 0 aliphatic rings. The molecule has 1 rings (SSSR count). The van der Waals surface area contributed by atoms with Crippen LogP contribution in [-0.2, 0) is 4.79 Å². The van der Waals surface area contributed by atoms with Crippen molar-refractivity contribution in [1.82, 2.24) is 0 Å². The van der Waals surface area contributed by atoms with Gasteiger partial charge in [0.15, 0.2) is 0 Å². The zero-order valence-electron chi connectivity index (χ0n) is 8.57. The molecule has 82 valence electrons. The van der Waals surface area contributed by atoms with Crippen LogP contribution in [0.5, 0.6) is 0 Å². The molecule has 0 bridgehead atoms. The Labute approximate surface area is 93.3 Å². The Balaban J connectivity index is 3.11. The maximum absolute atomic E-state index is 11.0. The maximum atomic E-state index is 11.0. The second-order valence-electron chi connectivity index (χ2n) is 3.98. The molecular formula is C11H13ClO3. The molecule has 0 radical (unpaired) electrons. The predicted octanol–water partition coefficient (Wildman–Crippen LogP) is 2.28. The summed E-state index contributed by atoms with van der Waals surface area (Å²) in [4.78, 5) is 11.0. The van der Waals surface area contributed by atoms with Gasteiger partial charge in [-0.3, -0.25) is 4.79 Å². The van der Waals surface area contributed by atoms with Crippen LogP contribution in [0.1, 0.15) is 25.3 Å². The average molecular weight is 229 g/mol. The third-order valence-electron chi connectivity index (χ3n) is 2.16. The molecule has 0 aliphatic carbocycles. The zero-order chi connectivity index (χ0) is 11.6. The lowest BCUT2D eigenvalue weighted by Crippen LogP contribution is -2.34. The van der Waals surface area contributed by atoms with Crippen LogP contribution in [0.15, 0.2) is 24.3 Å². The SMILES string of the molecule is CC(C)(O)C(C(=O)O)c1ccc(Cl)cc1. The fourth-order valence-electron chi connectivity index (χ4n) is 1.51. The van der Waals surface area contributed by atoms with Crippen LogP contribution in [0.2, 0.25) is 5.02 Å². The normalized spacial score (nSPS) is 13.6. The van der Waals surface area contributed by atoms with Crippen LogP contribution < -0.4 is 0 Å². The molecule has 0 saturated carbocycles. The number of carbonyl (C=O) groups is 1. The van der Waals surface area contributed by atoms with Crippen molar-refractivity contribution in [2.45, 2.75) is 25.4 Å². The summed E-state index contributed by atoms with van der Waals surface area (Å²) in [5.74, 6) is -2.00. The number of benzene rings is 1. The highest BCUT2D eigenvalue weighted by molar-refractivity contribution is 6.30. The third kappa shape index (κ3) is 2.94. The van der Waals surface area contributed by atoms with Gasteiger partial charge < -0.3 is 10.2 Å². The van der Waals surface area contributed by atoms with E-state index in [0.29, 0.717) is 10.6 Å². The lowest BCUT2D eigenvalue weighted by molar-refractivity contribution is -0.144. The van der Waals surface area contributed by atoms with Gasteiger partial charge in [0.05, 0.1) is 5.60 Å². The second-order valence-corrected chi connectivity index (χ2v) is 4.41. The fourth-order valence-corrected chi connectivity index (χ4v) is 1.63. The van der Waals surface area contributed by atoms with Crippen LogP contribution in [0.25, 0.3) is 0 Å². The molecule has 3 nitrogen and oxygen atoms in total. The van der Waals surface area contributed by atoms with Gasteiger partial charge in [-0.1, -0.05) is 23.7 Å². The van der Waals surface area contributed by atoms with Crippen molar-refractivity contribution in [1.29, 1.82) is 0 Å². The highest BCUT2D eigenvalue weighted by Gasteiger charge is 2.34. The van der Waals surface area contributed by atoms with Gasteiger partial charge in [0.25, 0.3) is 0 Å². The molecule has 0 aliphatic heterocycles. The summed E-state index contributed by atoms with van der Waals surface area (Å²) in [5, 5.41) is 19.3. The molecule has 1 aromatic rings. The summed E-state index contributed by atoms with van der Waals surface area (Å²) >= 11 is 5.70. The molecule has 0 heterocycles. The van der Waals surface area contributed by atoms with E-state index in [4.69, 9.17) is 16.7 Å². The zero-order valence-corrected chi connectivity index (χ0v) is 9.32. The van der Waals surface area contributed by atoms with Gasteiger partial charge in [0.1, 0.15) is 5.92 Å². The van der Waals surface area contributed by atoms with Crippen LogP contribution in [0.3, 0.4) is 0 Å². The molecule has 15 heavy (non-hydrogen) atoms. The Bertz CT molecular complexity index is 351. The van der Waals surface area contributed by atoms with Gasteiger partial charge in [0.2, 0.25) is 0 Å². The number of aliphatic hydroxyl groups is 1. The van der Waals surface area contributed by atoms with E-state index in [1.165, 1.54) is 13.8 Å². The van der Waals surface area contributed by atoms with Gasteiger partial charge in [-0.15, -0.1) is 0 Å². The maximum Gasteiger partial charge on any atom is 0.313 e. The molecule has 4 heteroatoms. The molecule has 1 aromatic carbocycles. The summed E-state index contributed by atoms with van der Waals surface area (Å²) in [6, 6.07) is 6.44. The van der Waals surface area contributed by atoms with Gasteiger partial charge in [-0.25, -0.2) is 0 Å². The van der Waals surface area contributed by atoms with E-state index in [-0.39, 0.29) is 0 Å². The van der Waals surface area contributed by atoms with E-state index in [1.807, 2.05) is 0 Å². The molecule has 0 aromatic heterocycles. The quantitative estimate of drug-likeness (QED) is 0.835. The molecule has 0 spiro atoms. The molecule has 2 N–H and O–H groups in total. The van der Waals surface area contributed by atoms with Crippen molar-refractivity contribution in [2.24, 2.45) is 0 Å². The Hall–Kier alpha value is -1.06. The third-order valence-corrected chi connectivity index (χ3v) is 2.41. The first-order valence-corrected chi connectivity index (χ1v) is 4.91. The lowest BCUT2D eigenvalue weighted by Gasteiger charge is -2.25. The molecular weight excluding hydrogens is 216 g/mol. The average Bonchev–Trinajstić information content (AvgIpc) is 2.05. The van der Waals surface area contributed by atoms with Gasteiger partial charge in [0, 0.05) is 5.02 Å². The molecule has 0 saturated heterocycles. The van der Waals surface area contributed by atoms with E-state index < -0.39 is 17.5 Å². The number of halogens is 1. The standard InChI is InChI=1S/C11H13ClO3/c1-11(2,15)9(10(13)14)7-3-5-8(12)6-4-7/h3-6,9,15H,1-2H3,(H,13,14). The highest BCUT2D eigenvalue weighted by Crippen LogP contribution is 2.29. The minimum Gasteiger partial charge on any atom is -0.481 e. The summed E-state index contributed by atoms with van der Waals surface area (Å²) < 4.78 is 0. The van der Waals surface area contributed by atoms with Crippen LogP contribution >= 0.6 is 11.6 Å². The largest absolute Gasteiger partial charge is 0.481 e. The van der Waals surface area contributed by atoms with Crippen LogP contribution in [0.4, 0.5) is 0 Å². The monoisotopic (exact) mass is 228 g/mol. The smallest absolute Gasteiger partial charge is 0.313 e. The summed E-state index contributed by atoms with van der Waals surface area (Å²) in [5.41, 5.74) is -0.765. The molecule has 1 unspecified atom stereocenters. The first-order valence-electron chi connectivity index (χ1n) is 4.53. The van der Waals surface area contributed by atoms with Gasteiger partial charge >= 0.3 is 5.97 Å². The van der Waals surface area contributed by atoms with Crippen molar-refractivity contribution in [3.05, 3.63) is 34.9 Å². The van der Waals surface area contributed by atoms with Crippen molar-refractivity contribution >= 4 is 17.6 Å². The van der Waals surface area contributed by atoms with Gasteiger partial charge in [-0.05, 0) is 31.5 Å². The fraction of sp³-hybridized carbons (Fsp3) is 0.364. The van der Waals surface area contributed by atoms with Crippen LogP contribution in [0, 0.1) is 0 Å². The number of hydrogen-bond donors (Lipinski definition) is 2. The van der Waals surface area contributed by atoms with E-state index in [2.05, 4.69) is 0 Å². The number of carboxylic acid groups (broad SMARTS) is 1. The van der Waals surface area contributed by atoms with E-state index in [9.17, 15) is 9.90 Å². The van der Waals surface area contributed by atoms with Gasteiger partial charge in [-0.2, -0.15) is 0 Å². The van der Waals surface area contributed by atoms with E-state index in [0.717, 1.165) is 0 Å². The minimum atomic E-state index is -1.31. The highest BCUT2D eigenvalue weighted by atomic mass is 35.5. The topological polar surface area (TPSA) is 57.5 Å². The van der Waals surface area contributed by atoms with E-state index in [1.54, 1.807) is 24.3 Å². The summed E-state index contributed by atoms with van der Waals surface area (Å²) in [6.07, 6.45) is 0. The number of aliphatic carboxylic acids is 1. The predicted molar refractivity (Wildman–Crippen MR) is 58.1 cm³/mol. The minimum absolute atomic E-state index is 0.540. The second kappa shape index (κ2) is 4.21. The Morgan fingerprint density at radius 2 is 1.80 bits per heavy atom.